The maximum absolute atomic E-state index is 14.7. The maximum atomic E-state index is 14.7. The molecule has 1 aliphatic carbocycles. The van der Waals surface area contributed by atoms with Crippen LogP contribution in [0.3, 0.4) is 0 Å². The number of para-hydroxylation sites is 4. The maximum Gasteiger partial charge on any atom is 0.321 e. The Morgan fingerprint density at radius 2 is 0.804 bits per heavy atom. The number of hydrogen-bond acceptors (Lipinski definition) is 2. The molecule has 10 aromatic rings. The summed E-state index contributed by atoms with van der Waals surface area (Å²) in [7, 11) is 0. The largest absolute Gasteiger partial charge is 0.321 e. The van der Waals surface area contributed by atoms with Crippen LogP contribution in [0.1, 0.15) is 22.3 Å². The fourth-order valence-corrected chi connectivity index (χ4v) is 9.29. The summed E-state index contributed by atoms with van der Waals surface area (Å²) in [4.78, 5) is 29.3. The van der Waals surface area contributed by atoms with Gasteiger partial charge in [-0.25, -0.2) is 0 Å². The van der Waals surface area contributed by atoms with E-state index >= 15 is 0 Å². The molecule has 0 radical (unpaired) electrons. The average molecular weight is 720 g/mol. The normalized spacial score (nSPS) is 12.9. The molecule has 8 aromatic carbocycles. The summed E-state index contributed by atoms with van der Waals surface area (Å²) in [5, 5.41) is 2.07. The number of aromatic nitrogens is 3. The van der Waals surface area contributed by atoms with Gasteiger partial charge in [-0.1, -0.05) is 140 Å². The molecule has 0 saturated carbocycles. The lowest BCUT2D eigenvalue weighted by Crippen LogP contribution is -2.40. The molecule has 0 N–H and O–H groups in total. The van der Waals surface area contributed by atoms with E-state index in [4.69, 9.17) is 0 Å². The van der Waals surface area contributed by atoms with Gasteiger partial charge < -0.3 is 4.57 Å². The van der Waals surface area contributed by atoms with Gasteiger partial charge in [-0.2, -0.15) is 0 Å². The third-order valence-electron chi connectivity index (χ3n) is 11.6. The highest BCUT2D eigenvalue weighted by Gasteiger charge is 2.46. The van der Waals surface area contributed by atoms with Gasteiger partial charge in [0.25, 0.3) is 0 Å². The molecular weight excluding hydrogens is 687 g/mol. The van der Waals surface area contributed by atoms with E-state index in [1.165, 1.54) is 5.56 Å². The van der Waals surface area contributed by atoms with E-state index in [9.17, 15) is 9.59 Å². The number of rotatable bonds is 5. The van der Waals surface area contributed by atoms with Crippen molar-refractivity contribution in [2.45, 2.75) is 5.41 Å². The fourth-order valence-electron chi connectivity index (χ4n) is 9.29. The summed E-state index contributed by atoms with van der Waals surface area (Å²) in [5.41, 5.74) is 10.6. The molecule has 5 nitrogen and oxygen atoms in total. The summed E-state index contributed by atoms with van der Waals surface area (Å²) in [6, 6.07) is 68.2. The zero-order valence-corrected chi connectivity index (χ0v) is 30.2. The van der Waals surface area contributed by atoms with Gasteiger partial charge in [0, 0.05) is 22.1 Å². The van der Waals surface area contributed by atoms with Crippen molar-refractivity contribution >= 4 is 32.8 Å². The Labute approximate surface area is 322 Å². The van der Waals surface area contributed by atoms with Crippen molar-refractivity contribution in [3.8, 4) is 28.2 Å². The molecule has 264 valence electrons. The van der Waals surface area contributed by atoms with E-state index in [2.05, 4.69) is 120 Å². The van der Waals surface area contributed by atoms with Crippen molar-refractivity contribution in [1.82, 2.24) is 13.7 Å². The van der Waals surface area contributed by atoms with Gasteiger partial charge in [0.05, 0.1) is 33.2 Å². The van der Waals surface area contributed by atoms with Gasteiger partial charge in [0.15, 0.2) is 0 Å². The van der Waals surface area contributed by atoms with E-state index in [1.54, 1.807) is 9.13 Å². The van der Waals surface area contributed by atoms with Gasteiger partial charge >= 0.3 is 11.1 Å². The Hall–Kier alpha value is -7.50. The third kappa shape index (κ3) is 4.42. The predicted octanol–water partition coefficient (Wildman–Crippen LogP) is 10.6. The fraction of sp³-hybridized carbons (Fsp3) is 0.0196. The average Bonchev–Trinajstić information content (AvgIpc) is 3.75. The minimum absolute atomic E-state index is 0.615. The summed E-state index contributed by atoms with van der Waals surface area (Å²) in [6.45, 7) is 0. The van der Waals surface area contributed by atoms with Gasteiger partial charge in [0.1, 0.15) is 0 Å². The smallest absolute Gasteiger partial charge is 0.309 e. The second-order valence-electron chi connectivity index (χ2n) is 14.4. The zero-order chi connectivity index (χ0) is 37.4. The molecule has 0 bridgehead atoms. The van der Waals surface area contributed by atoms with Crippen LogP contribution in [-0.4, -0.2) is 13.7 Å². The minimum atomic E-state index is -0.646. The van der Waals surface area contributed by atoms with Crippen LogP contribution in [-0.2, 0) is 5.41 Å². The van der Waals surface area contributed by atoms with Crippen LogP contribution in [0.15, 0.2) is 210 Å². The first-order valence-corrected chi connectivity index (χ1v) is 18.9. The van der Waals surface area contributed by atoms with Crippen LogP contribution in [0.5, 0.6) is 0 Å². The van der Waals surface area contributed by atoms with Crippen LogP contribution < -0.4 is 11.1 Å². The van der Waals surface area contributed by atoms with Gasteiger partial charge in [0.2, 0.25) is 0 Å². The molecule has 2 heterocycles. The first kappa shape index (κ1) is 32.0. The number of nitrogens with zero attached hydrogens (tertiary/aromatic N) is 3. The third-order valence-corrected chi connectivity index (χ3v) is 11.6. The monoisotopic (exact) mass is 719 g/mol. The van der Waals surface area contributed by atoms with E-state index in [1.807, 2.05) is 84.9 Å². The summed E-state index contributed by atoms with van der Waals surface area (Å²) in [6.07, 6.45) is 0. The van der Waals surface area contributed by atoms with Crippen LogP contribution in [0.25, 0.3) is 61.0 Å². The Bertz CT molecular complexity index is 3250. The molecule has 1 aliphatic rings. The van der Waals surface area contributed by atoms with E-state index in [0.717, 1.165) is 55.3 Å². The quantitative estimate of drug-likeness (QED) is 0.166. The van der Waals surface area contributed by atoms with Crippen LogP contribution >= 0.6 is 0 Å². The van der Waals surface area contributed by atoms with Crippen molar-refractivity contribution < 1.29 is 0 Å². The van der Waals surface area contributed by atoms with E-state index < -0.39 is 16.5 Å². The first-order valence-electron chi connectivity index (χ1n) is 18.9. The molecule has 11 rings (SSSR count). The van der Waals surface area contributed by atoms with Crippen molar-refractivity contribution in [1.29, 1.82) is 0 Å². The van der Waals surface area contributed by atoms with Crippen LogP contribution in [0.4, 0.5) is 0 Å². The topological polar surface area (TPSA) is 48.9 Å². The molecule has 5 heteroatoms. The second-order valence-corrected chi connectivity index (χ2v) is 14.4. The molecule has 2 aromatic heterocycles. The highest BCUT2D eigenvalue weighted by atomic mass is 16.2. The van der Waals surface area contributed by atoms with Crippen molar-refractivity contribution in [2.75, 3.05) is 0 Å². The SMILES string of the molecule is O=c1c(=O)n(-c2ccc3c(c2)c2ccccc2n3-c2ccccc2)c2ccccc2n1-c1ccc2c(c1)C(c1ccccc1)(c1ccccc1)c1ccccc1-2. The Kier molecular flexibility index (Phi) is 7.00. The first-order chi connectivity index (χ1) is 27.6. The van der Waals surface area contributed by atoms with Crippen LogP contribution in [0, 0.1) is 0 Å². The number of hydrogen-bond donors (Lipinski definition) is 0. The molecule has 0 aliphatic heterocycles. The van der Waals surface area contributed by atoms with Crippen LogP contribution in [0.2, 0.25) is 0 Å². The van der Waals surface area contributed by atoms with Crippen molar-refractivity contribution in [3.05, 3.63) is 243 Å². The number of fused-ring (bicyclic) bond motifs is 7. The lowest BCUT2D eigenvalue weighted by atomic mass is 9.67. The molecule has 0 unspecified atom stereocenters. The summed E-state index contributed by atoms with van der Waals surface area (Å²) < 4.78 is 5.41. The lowest BCUT2D eigenvalue weighted by molar-refractivity contribution is 0.766. The summed E-state index contributed by atoms with van der Waals surface area (Å²) >= 11 is 0. The molecule has 0 spiro atoms. The summed E-state index contributed by atoms with van der Waals surface area (Å²) in [5.74, 6) is 0. The van der Waals surface area contributed by atoms with E-state index in [-0.39, 0.29) is 0 Å². The Balaban J connectivity index is 1.16. The zero-order valence-electron chi connectivity index (χ0n) is 30.2. The minimum Gasteiger partial charge on any atom is -0.309 e. The standard InChI is InChI=1S/C51H33N3O2/c55-49-50(56)54(38-28-30-40-39-22-10-12-24-43(39)51(44(40)33-38,34-16-4-1-5-17-34)35-18-6-2-7-19-35)48-27-15-14-26-47(48)53(49)37-29-31-46-42(32-37)41-23-11-13-25-45(41)52(46)36-20-8-3-9-21-36/h1-33H. The molecule has 0 amide bonds. The number of benzene rings is 8. The van der Waals surface area contributed by atoms with Crippen molar-refractivity contribution in [3.63, 3.8) is 0 Å². The molecule has 0 saturated heterocycles. The Morgan fingerprint density at radius 1 is 0.321 bits per heavy atom. The lowest BCUT2D eigenvalue weighted by Gasteiger charge is -2.34. The van der Waals surface area contributed by atoms with E-state index in [0.29, 0.717) is 22.4 Å². The van der Waals surface area contributed by atoms with Crippen molar-refractivity contribution in [2.24, 2.45) is 0 Å². The predicted molar refractivity (Wildman–Crippen MR) is 227 cm³/mol. The Morgan fingerprint density at radius 3 is 1.46 bits per heavy atom. The highest BCUT2D eigenvalue weighted by molar-refractivity contribution is 6.10. The second kappa shape index (κ2) is 12.3. The molecule has 56 heavy (non-hydrogen) atoms. The molecular formula is C51H33N3O2. The van der Waals surface area contributed by atoms with Gasteiger partial charge in [-0.15, -0.1) is 0 Å². The van der Waals surface area contributed by atoms with Gasteiger partial charge in [-0.3, -0.25) is 18.7 Å². The van der Waals surface area contributed by atoms with Gasteiger partial charge in [-0.05, 0) is 94.0 Å². The molecule has 0 atom stereocenters. The molecule has 0 fully saturated rings. The highest BCUT2D eigenvalue weighted by Crippen LogP contribution is 2.56.